The number of hydrogen-bond donors (Lipinski definition) is 1. The Morgan fingerprint density at radius 3 is 2.44 bits per heavy atom. The van der Waals surface area contributed by atoms with Gasteiger partial charge >= 0.3 is 0 Å². The van der Waals surface area contributed by atoms with Gasteiger partial charge in [0.15, 0.2) is 5.82 Å². The molecule has 0 bridgehead atoms. The maximum atomic E-state index is 4.14. The minimum absolute atomic E-state index is 0.562. The van der Waals surface area contributed by atoms with Crippen LogP contribution in [0.1, 0.15) is 38.8 Å². The Kier molecular flexibility index (Phi) is 3.39. The molecular weight excluding hydrogens is 200 g/mol. The third-order valence-electron chi connectivity index (χ3n) is 3.24. The molecule has 1 fully saturated rings. The van der Waals surface area contributed by atoms with Crippen LogP contribution in [0.15, 0.2) is 12.1 Å². The third-order valence-corrected chi connectivity index (χ3v) is 3.24. The summed E-state index contributed by atoms with van der Waals surface area (Å²) in [7, 11) is 0. The molecule has 2 atom stereocenters. The van der Waals surface area contributed by atoms with E-state index in [-0.39, 0.29) is 0 Å². The lowest BCUT2D eigenvalue weighted by atomic mass is 10.00. The fourth-order valence-corrected chi connectivity index (χ4v) is 2.23. The quantitative estimate of drug-likeness (QED) is 0.830. The van der Waals surface area contributed by atoms with Crippen molar-refractivity contribution in [1.82, 2.24) is 15.2 Å². The van der Waals surface area contributed by atoms with E-state index in [1.54, 1.807) is 0 Å². The molecule has 0 radical (unpaired) electrons. The van der Waals surface area contributed by atoms with Crippen molar-refractivity contribution in [2.75, 3.05) is 5.43 Å². The summed E-state index contributed by atoms with van der Waals surface area (Å²) >= 11 is 0. The zero-order valence-electron chi connectivity index (χ0n) is 10.3. The summed E-state index contributed by atoms with van der Waals surface area (Å²) in [5.41, 5.74) is 4.32. The first-order valence-electron chi connectivity index (χ1n) is 6.02. The minimum Gasteiger partial charge on any atom is -0.301 e. The van der Waals surface area contributed by atoms with E-state index >= 15 is 0 Å². The van der Waals surface area contributed by atoms with Gasteiger partial charge in [0.05, 0.1) is 5.69 Å². The number of aryl methyl sites for hydroxylation is 1. The van der Waals surface area contributed by atoms with Gasteiger partial charge in [0.25, 0.3) is 0 Å². The van der Waals surface area contributed by atoms with Gasteiger partial charge in [0, 0.05) is 12.1 Å². The van der Waals surface area contributed by atoms with Crippen LogP contribution in [0.4, 0.5) is 5.82 Å². The predicted octanol–water partition coefficient (Wildman–Crippen LogP) is 2.37. The Balaban J connectivity index is 2.04. The van der Waals surface area contributed by atoms with Crippen molar-refractivity contribution in [3.8, 4) is 0 Å². The van der Waals surface area contributed by atoms with Crippen LogP contribution in [0.3, 0.4) is 0 Å². The SMILES string of the molecule is Cc1ccc(NN2C(C)CCCC2C)nn1. The number of anilines is 1. The van der Waals surface area contributed by atoms with E-state index in [1.807, 2.05) is 19.1 Å². The molecule has 1 saturated heterocycles. The van der Waals surface area contributed by atoms with Gasteiger partial charge in [-0.15, -0.1) is 5.10 Å². The van der Waals surface area contributed by atoms with Gasteiger partial charge in [-0.05, 0) is 45.7 Å². The van der Waals surface area contributed by atoms with E-state index in [1.165, 1.54) is 19.3 Å². The zero-order chi connectivity index (χ0) is 11.5. The molecule has 2 rings (SSSR count). The van der Waals surface area contributed by atoms with Crippen molar-refractivity contribution in [3.05, 3.63) is 17.8 Å². The molecule has 0 saturated carbocycles. The molecule has 1 aromatic heterocycles. The van der Waals surface area contributed by atoms with Crippen LogP contribution >= 0.6 is 0 Å². The fraction of sp³-hybridized carbons (Fsp3) is 0.667. The van der Waals surface area contributed by atoms with Crippen molar-refractivity contribution in [1.29, 1.82) is 0 Å². The number of nitrogens with one attached hydrogen (secondary N) is 1. The van der Waals surface area contributed by atoms with Crippen molar-refractivity contribution in [3.63, 3.8) is 0 Å². The summed E-state index contributed by atoms with van der Waals surface area (Å²) in [5, 5.41) is 10.5. The smallest absolute Gasteiger partial charge is 0.163 e. The Morgan fingerprint density at radius 1 is 1.19 bits per heavy atom. The summed E-state index contributed by atoms with van der Waals surface area (Å²) in [6.07, 6.45) is 3.81. The summed E-state index contributed by atoms with van der Waals surface area (Å²) in [5.74, 6) is 0.839. The maximum absolute atomic E-state index is 4.14. The van der Waals surface area contributed by atoms with Crippen LogP contribution < -0.4 is 5.43 Å². The van der Waals surface area contributed by atoms with E-state index in [0.29, 0.717) is 12.1 Å². The van der Waals surface area contributed by atoms with Crippen LogP contribution in [-0.4, -0.2) is 27.3 Å². The molecule has 1 aliphatic rings. The highest BCUT2D eigenvalue weighted by Gasteiger charge is 2.24. The van der Waals surface area contributed by atoms with Gasteiger partial charge in [-0.2, -0.15) is 5.10 Å². The zero-order valence-corrected chi connectivity index (χ0v) is 10.3. The second-order valence-corrected chi connectivity index (χ2v) is 4.71. The average Bonchev–Trinajstić information content (AvgIpc) is 2.26. The lowest BCUT2D eigenvalue weighted by Crippen LogP contribution is -2.47. The summed E-state index contributed by atoms with van der Waals surface area (Å²) < 4.78 is 0. The first-order chi connectivity index (χ1) is 7.66. The number of hydrogen-bond acceptors (Lipinski definition) is 4. The molecule has 1 aliphatic heterocycles. The summed E-state index contributed by atoms with van der Waals surface area (Å²) in [4.78, 5) is 0. The lowest BCUT2D eigenvalue weighted by molar-refractivity contribution is 0.135. The Hall–Kier alpha value is -1.16. The first kappa shape index (κ1) is 11.3. The van der Waals surface area contributed by atoms with Gasteiger partial charge in [-0.25, -0.2) is 5.01 Å². The molecule has 0 spiro atoms. The molecule has 2 unspecified atom stereocenters. The van der Waals surface area contributed by atoms with E-state index in [4.69, 9.17) is 0 Å². The van der Waals surface area contributed by atoms with Crippen LogP contribution in [0, 0.1) is 6.92 Å². The lowest BCUT2D eigenvalue weighted by Gasteiger charge is -2.38. The Labute approximate surface area is 97.0 Å². The molecule has 1 aromatic rings. The number of nitrogens with zero attached hydrogens (tertiary/aromatic N) is 3. The van der Waals surface area contributed by atoms with Gasteiger partial charge < -0.3 is 5.43 Å². The summed E-state index contributed by atoms with van der Waals surface area (Å²) in [6.45, 7) is 6.46. The Morgan fingerprint density at radius 2 is 1.88 bits per heavy atom. The molecule has 88 valence electrons. The van der Waals surface area contributed by atoms with E-state index in [2.05, 4.69) is 34.5 Å². The third kappa shape index (κ3) is 2.50. The van der Waals surface area contributed by atoms with Gasteiger partial charge in [0.2, 0.25) is 0 Å². The molecule has 0 aliphatic carbocycles. The largest absolute Gasteiger partial charge is 0.301 e. The molecule has 0 aromatic carbocycles. The highest BCUT2D eigenvalue weighted by Crippen LogP contribution is 2.22. The number of aromatic nitrogens is 2. The van der Waals surface area contributed by atoms with Crippen LogP contribution in [-0.2, 0) is 0 Å². The first-order valence-corrected chi connectivity index (χ1v) is 6.02. The highest BCUT2D eigenvalue weighted by molar-refractivity contribution is 5.31. The van der Waals surface area contributed by atoms with Gasteiger partial charge in [-0.3, -0.25) is 0 Å². The van der Waals surface area contributed by atoms with Crippen LogP contribution in [0.5, 0.6) is 0 Å². The summed E-state index contributed by atoms with van der Waals surface area (Å²) in [6, 6.07) is 5.09. The minimum atomic E-state index is 0.562. The van der Waals surface area contributed by atoms with Crippen LogP contribution in [0.25, 0.3) is 0 Å². The standard InChI is InChI=1S/C12H20N4/c1-9-7-8-12(14-13-9)15-16-10(2)5-4-6-11(16)3/h7-8,10-11H,4-6H2,1-3H3,(H,14,15). The van der Waals surface area contributed by atoms with Crippen molar-refractivity contribution in [2.24, 2.45) is 0 Å². The molecule has 4 heteroatoms. The highest BCUT2D eigenvalue weighted by atomic mass is 15.6. The van der Waals surface area contributed by atoms with E-state index < -0.39 is 0 Å². The second-order valence-electron chi connectivity index (χ2n) is 4.71. The fourth-order valence-electron chi connectivity index (χ4n) is 2.23. The van der Waals surface area contributed by atoms with Crippen molar-refractivity contribution < 1.29 is 0 Å². The molecule has 4 nitrogen and oxygen atoms in total. The van der Waals surface area contributed by atoms with Crippen molar-refractivity contribution >= 4 is 5.82 Å². The van der Waals surface area contributed by atoms with E-state index in [0.717, 1.165) is 11.5 Å². The molecule has 2 heterocycles. The van der Waals surface area contributed by atoms with Crippen molar-refractivity contribution in [2.45, 2.75) is 52.1 Å². The molecule has 1 N–H and O–H groups in total. The predicted molar refractivity (Wildman–Crippen MR) is 65.0 cm³/mol. The van der Waals surface area contributed by atoms with E-state index in [9.17, 15) is 0 Å². The average molecular weight is 220 g/mol. The maximum Gasteiger partial charge on any atom is 0.163 e. The van der Waals surface area contributed by atoms with Gasteiger partial charge in [-0.1, -0.05) is 6.42 Å². The number of rotatable bonds is 2. The van der Waals surface area contributed by atoms with Gasteiger partial charge in [0.1, 0.15) is 0 Å². The monoisotopic (exact) mass is 220 g/mol. The second kappa shape index (κ2) is 4.78. The molecular formula is C12H20N4. The number of piperidine rings is 1. The van der Waals surface area contributed by atoms with Crippen LogP contribution in [0.2, 0.25) is 0 Å². The normalized spacial score (nSPS) is 26.7. The number of hydrazine groups is 1. The molecule has 16 heavy (non-hydrogen) atoms. The topological polar surface area (TPSA) is 41.0 Å². The molecule has 0 amide bonds. The Bertz CT molecular complexity index is 325.